The Morgan fingerprint density at radius 3 is 2.40 bits per heavy atom. The molecule has 0 aromatic rings. The molecule has 0 rings (SSSR count). The maximum absolute atomic E-state index is 8.80. The second-order valence-electron chi connectivity index (χ2n) is 2.72. The topological polar surface area (TPSA) is 29.5 Å². The summed E-state index contributed by atoms with van der Waals surface area (Å²) in [4.78, 5) is 0. The van der Waals surface area contributed by atoms with E-state index in [4.69, 9.17) is 9.84 Å². The molecule has 0 aromatic heterocycles. The van der Waals surface area contributed by atoms with Crippen LogP contribution in [0, 0.1) is 5.92 Å². The predicted octanol–water partition coefficient (Wildman–Crippen LogP) is 1.43. The van der Waals surface area contributed by atoms with Crippen molar-refractivity contribution in [2.24, 2.45) is 5.92 Å². The summed E-state index contributed by atoms with van der Waals surface area (Å²) >= 11 is 0. The highest BCUT2D eigenvalue weighted by Crippen LogP contribution is 2.12. The summed E-state index contributed by atoms with van der Waals surface area (Å²) in [5.74, 6) is 0.472. The number of hydrogen-bond donors (Lipinski definition) is 1. The molecule has 2 nitrogen and oxygen atoms in total. The van der Waals surface area contributed by atoms with Gasteiger partial charge in [-0.1, -0.05) is 20.3 Å². The van der Waals surface area contributed by atoms with Crippen molar-refractivity contribution < 1.29 is 9.84 Å². The zero-order chi connectivity index (χ0) is 7.98. The van der Waals surface area contributed by atoms with E-state index in [1.807, 2.05) is 0 Å². The number of rotatable bonds is 5. The molecule has 0 aliphatic carbocycles. The highest BCUT2D eigenvalue weighted by Gasteiger charge is 2.13. The van der Waals surface area contributed by atoms with Gasteiger partial charge in [-0.2, -0.15) is 0 Å². The van der Waals surface area contributed by atoms with Gasteiger partial charge in [0, 0.05) is 7.11 Å². The first-order chi connectivity index (χ1) is 4.76. The maximum Gasteiger partial charge on any atom is 0.0827 e. The van der Waals surface area contributed by atoms with Crippen LogP contribution in [0.1, 0.15) is 26.7 Å². The Kier molecular flexibility index (Phi) is 5.64. The smallest absolute Gasteiger partial charge is 0.0827 e. The van der Waals surface area contributed by atoms with Crippen molar-refractivity contribution in [1.29, 1.82) is 0 Å². The monoisotopic (exact) mass is 146 g/mol. The van der Waals surface area contributed by atoms with Crippen LogP contribution >= 0.6 is 0 Å². The average molecular weight is 146 g/mol. The largest absolute Gasteiger partial charge is 0.394 e. The molecule has 0 heterocycles. The fourth-order valence-electron chi connectivity index (χ4n) is 1.13. The first-order valence-corrected chi connectivity index (χ1v) is 3.89. The van der Waals surface area contributed by atoms with Crippen LogP contribution < -0.4 is 0 Å². The van der Waals surface area contributed by atoms with Crippen molar-refractivity contribution in [3.8, 4) is 0 Å². The van der Waals surface area contributed by atoms with Gasteiger partial charge < -0.3 is 9.84 Å². The molecule has 0 amide bonds. The van der Waals surface area contributed by atoms with Crippen LogP contribution in [0.25, 0.3) is 0 Å². The number of ether oxygens (including phenoxy) is 1. The van der Waals surface area contributed by atoms with E-state index in [9.17, 15) is 0 Å². The Morgan fingerprint density at radius 1 is 1.50 bits per heavy atom. The molecule has 0 aromatic carbocycles. The number of aliphatic hydroxyl groups is 1. The first-order valence-electron chi connectivity index (χ1n) is 3.89. The van der Waals surface area contributed by atoms with Gasteiger partial charge in [0.1, 0.15) is 0 Å². The summed E-state index contributed by atoms with van der Waals surface area (Å²) in [6.45, 7) is 4.38. The Bertz CT molecular complexity index is 69.7. The highest BCUT2D eigenvalue weighted by atomic mass is 16.5. The van der Waals surface area contributed by atoms with Crippen LogP contribution in [0.3, 0.4) is 0 Å². The summed E-state index contributed by atoms with van der Waals surface area (Å²) in [5, 5.41) is 8.80. The molecule has 2 atom stereocenters. The lowest BCUT2D eigenvalue weighted by molar-refractivity contribution is 0.0103. The van der Waals surface area contributed by atoms with Crippen molar-refractivity contribution in [3.05, 3.63) is 0 Å². The summed E-state index contributed by atoms with van der Waals surface area (Å²) < 4.78 is 5.06. The molecule has 1 N–H and O–H groups in total. The highest BCUT2D eigenvalue weighted by molar-refractivity contribution is 4.63. The maximum atomic E-state index is 8.80. The van der Waals surface area contributed by atoms with Gasteiger partial charge in [-0.15, -0.1) is 0 Å². The SMILES string of the molecule is CCCC(C)C(CO)OC. The van der Waals surface area contributed by atoms with E-state index in [-0.39, 0.29) is 12.7 Å². The van der Waals surface area contributed by atoms with E-state index in [0.29, 0.717) is 5.92 Å². The van der Waals surface area contributed by atoms with Gasteiger partial charge in [-0.25, -0.2) is 0 Å². The fourth-order valence-corrected chi connectivity index (χ4v) is 1.13. The van der Waals surface area contributed by atoms with Crippen LogP contribution in [-0.4, -0.2) is 24.9 Å². The quantitative estimate of drug-likeness (QED) is 0.635. The molecule has 2 heteroatoms. The Balaban J connectivity index is 3.53. The van der Waals surface area contributed by atoms with E-state index in [0.717, 1.165) is 12.8 Å². The minimum Gasteiger partial charge on any atom is -0.394 e. The van der Waals surface area contributed by atoms with Gasteiger partial charge in [0.05, 0.1) is 12.7 Å². The average Bonchev–Trinajstić information content (AvgIpc) is 1.91. The molecule has 0 fully saturated rings. The molecule has 0 aliphatic rings. The third-order valence-electron chi connectivity index (χ3n) is 1.86. The first kappa shape index (κ1) is 9.92. The normalized spacial score (nSPS) is 16.8. The molecular formula is C8H18O2. The van der Waals surface area contributed by atoms with Gasteiger partial charge in [-0.05, 0) is 12.3 Å². The van der Waals surface area contributed by atoms with Crippen molar-refractivity contribution in [2.45, 2.75) is 32.8 Å². The molecule has 0 aliphatic heterocycles. The summed E-state index contributed by atoms with van der Waals surface area (Å²) in [6, 6.07) is 0. The number of methoxy groups -OCH3 is 1. The Hall–Kier alpha value is -0.0800. The van der Waals surface area contributed by atoms with Gasteiger partial charge in [-0.3, -0.25) is 0 Å². The van der Waals surface area contributed by atoms with Crippen LogP contribution in [0.4, 0.5) is 0 Å². The van der Waals surface area contributed by atoms with Crippen molar-refractivity contribution in [2.75, 3.05) is 13.7 Å². The molecule has 0 bridgehead atoms. The van der Waals surface area contributed by atoms with Crippen LogP contribution in [0.2, 0.25) is 0 Å². The molecule has 10 heavy (non-hydrogen) atoms. The molecule has 62 valence electrons. The van der Waals surface area contributed by atoms with Gasteiger partial charge in [0.15, 0.2) is 0 Å². The Morgan fingerprint density at radius 2 is 2.10 bits per heavy atom. The lowest BCUT2D eigenvalue weighted by Gasteiger charge is -2.19. The van der Waals surface area contributed by atoms with Crippen molar-refractivity contribution in [3.63, 3.8) is 0 Å². The predicted molar refractivity (Wildman–Crippen MR) is 42.0 cm³/mol. The molecule has 0 radical (unpaired) electrons. The second kappa shape index (κ2) is 5.69. The lowest BCUT2D eigenvalue weighted by atomic mass is 10.00. The van der Waals surface area contributed by atoms with Crippen LogP contribution in [0.15, 0.2) is 0 Å². The molecular weight excluding hydrogens is 128 g/mol. The van der Waals surface area contributed by atoms with E-state index < -0.39 is 0 Å². The molecule has 0 saturated carbocycles. The van der Waals surface area contributed by atoms with E-state index >= 15 is 0 Å². The van der Waals surface area contributed by atoms with E-state index in [2.05, 4.69) is 13.8 Å². The summed E-state index contributed by atoms with van der Waals surface area (Å²) in [6.07, 6.45) is 2.31. The molecule has 0 spiro atoms. The standard InChI is InChI=1S/C8H18O2/c1-4-5-7(2)8(6-9)10-3/h7-9H,4-6H2,1-3H3. The minimum absolute atomic E-state index is 0.0277. The molecule has 2 unspecified atom stereocenters. The fraction of sp³-hybridized carbons (Fsp3) is 1.00. The minimum atomic E-state index is 0.0277. The second-order valence-corrected chi connectivity index (χ2v) is 2.72. The van der Waals surface area contributed by atoms with Gasteiger partial charge in [0.25, 0.3) is 0 Å². The van der Waals surface area contributed by atoms with Gasteiger partial charge >= 0.3 is 0 Å². The third kappa shape index (κ3) is 3.18. The van der Waals surface area contributed by atoms with Gasteiger partial charge in [0.2, 0.25) is 0 Å². The number of aliphatic hydroxyl groups excluding tert-OH is 1. The lowest BCUT2D eigenvalue weighted by Crippen LogP contribution is -2.24. The molecule has 0 saturated heterocycles. The summed E-state index contributed by atoms with van der Waals surface area (Å²) in [5.41, 5.74) is 0. The third-order valence-corrected chi connectivity index (χ3v) is 1.86. The van der Waals surface area contributed by atoms with Crippen LogP contribution in [0.5, 0.6) is 0 Å². The zero-order valence-electron chi connectivity index (χ0n) is 7.13. The Labute approximate surface area is 63.2 Å². The van der Waals surface area contributed by atoms with Crippen molar-refractivity contribution >= 4 is 0 Å². The zero-order valence-corrected chi connectivity index (χ0v) is 7.13. The number of hydrogen-bond acceptors (Lipinski definition) is 2. The van der Waals surface area contributed by atoms with E-state index in [1.165, 1.54) is 0 Å². The summed E-state index contributed by atoms with van der Waals surface area (Å²) in [7, 11) is 1.65. The van der Waals surface area contributed by atoms with Crippen molar-refractivity contribution in [1.82, 2.24) is 0 Å². The van der Waals surface area contributed by atoms with Crippen LogP contribution in [-0.2, 0) is 4.74 Å². The van der Waals surface area contributed by atoms with E-state index in [1.54, 1.807) is 7.11 Å².